The van der Waals surface area contributed by atoms with Crippen LogP contribution in [0.1, 0.15) is 38.1 Å². The third-order valence-electron chi connectivity index (χ3n) is 3.89. The zero-order chi connectivity index (χ0) is 18.8. The van der Waals surface area contributed by atoms with E-state index in [0.29, 0.717) is 6.54 Å². The number of nitrogens with one attached hydrogen (secondary N) is 2. The summed E-state index contributed by atoms with van der Waals surface area (Å²) < 4.78 is 29.0. The lowest BCUT2D eigenvalue weighted by Crippen LogP contribution is -2.37. The van der Waals surface area contributed by atoms with Crippen molar-refractivity contribution in [2.75, 3.05) is 13.6 Å². The number of nitrogens with zero attached hydrogens (tertiary/aromatic N) is 2. The standard InChI is InChI=1S/C18H24F2N4O.ClH/c1-11(21-5)9-22-17(25)14-10-24(18(2,3)4)23-16(14)13-7-6-12(19)8-15(13)20;/h6-8,10-11,21H,9H2,1-5H3,(H,22,25);1H. The van der Waals surface area contributed by atoms with Crippen molar-refractivity contribution < 1.29 is 13.6 Å². The largest absolute Gasteiger partial charge is 0.350 e. The summed E-state index contributed by atoms with van der Waals surface area (Å²) in [4.78, 5) is 12.6. The Morgan fingerprint density at radius 1 is 1.31 bits per heavy atom. The minimum Gasteiger partial charge on any atom is -0.350 e. The van der Waals surface area contributed by atoms with Gasteiger partial charge in [0.1, 0.15) is 17.3 Å². The molecule has 5 nitrogen and oxygen atoms in total. The summed E-state index contributed by atoms with van der Waals surface area (Å²) >= 11 is 0. The van der Waals surface area contributed by atoms with E-state index in [-0.39, 0.29) is 46.7 Å². The van der Waals surface area contributed by atoms with Gasteiger partial charge in [-0.2, -0.15) is 5.10 Å². The lowest BCUT2D eigenvalue weighted by Gasteiger charge is -2.18. The van der Waals surface area contributed by atoms with Gasteiger partial charge < -0.3 is 10.6 Å². The first-order chi connectivity index (χ1) is 11.6. The van der Waals surface area contributed by atoms with E-state index in [9.17, 15) is 13.6 Å². The van der Waals surface area contributed by atoms with Gasteiger partial charge in [-0.25, -0.2) is 8.78 Å². The van der Waals surface area contributed by atoms with Crippen molar-refractivity contribution in [3.05, 3.63) is 41.6 Å². The average molecular weight is 387 g/mol. The van der Waals surface area contributed by atoms with E-state index in [2.05, 4.69) is 15.7 Å². The molecule has 1 heterocycles. The fourth-order valence-corrected chi connectivity index (χ4v) is 2.21. The fraction of sp³-hybridized carbons (Fsp3) is 0.444. The number of aromatic nitrogens is 2. The minimum absolute atomic E-state index is 0. The monoisotopic (exact) mass is 386 g/mol. The molecule has 2 N–H and O–H groups in total. The van der Waals surface area contributed by atoms with Crippen LogP contribution in [-0.2, 0) is 5.54 Å². The maximum atomic E-state index is 14.2. The van der Waals surface area contributed by atoms with Crippen LogP contribution in [-0.4, -0.2) is 35.3 Å². The molecule has 0 aliphatic heterocycles. The number of halogens is 3. The van der Waals surface area contributed by atoms with E-state index in [1.165, 1.54) is 6.07 Å². The molecule has 0 spiro atoms. The first kappa shape index (κ1) is 22.1. The second kappa shape index (κ2) is 8.60. The van der Waals surface area contributed by atoms with Crippen LogP contribution in [0.2, 0.25) is 0 Å². The van der Waals surface area contributed by atoms with Gasteiger partial charge in [0, 0.05) is 30.4 Å². The Labute approximate surface area is 158 Å². The van der Waals surface area contributed by atoms with Gasteiger partial charge in [-0.1, -0.05) is 0 Å². The lowest BCUT2D eigenvalue weighted by atomic mass is 10.1. The van der Waals surface area contributed by atoms with Crippen molar-refractivity contribution in [2.45, 2.75) is 39.3 Å². The zero-order valence-corrected chi connectivity index (χ0v) is 16.4. The van der Waals surface area contributed by atoms with Crippen LogP contribution in [0.3, 0.4) is 0 Å². The molecule has 0 radical (unpaired) electrons. The maximum Gasteiger partial charge on any atom is 0.255 e. The van der Waals surface area contributed by atoms with Gasteiger partial charge in [0.25, 0.3) is 5.91 Å². The molecule has 8 heteroatoms. The lowest BCUT2D eigenvalue weighted by molar-refractivity contribution is 0.0951. The molecule has 1 aromatic heterocycles. The second-order valence-corrected chi connectivity index (χ2v) is 7.03. The van der Waals surface area contributed by atoms with Gasteiger partial charge in [-0.05, 0) is 46.9 Å². The maximum absolute atomic E-state index is 14.2. The number of hydrogen-bond acceptors (Lipinski definition) is 3. The zero-order valence-electron chi connectivity index (χ0n) is 15.6. The Kier molecular flexibility index (Phi) is 7.29. The van der Waals surface area contributed by atoms with Crippen molar-refractivity contribution in [1.29, 1.82) is 0 Å². The molecule has 1 atom stereocenters. The summed E-state index contributed by atoms with van der Waals surface area (Å²) in [5, 5.41) is 10.2. The number of likely N-dealkylation sites (N-methyl/N-ethyl adjacent to an activating group) is 1. The van der Waals surface area contributed by atoms with Crippen molar-refractivity contribution >= 4 is 18.3 Å². The first-order valence-corrected chi connectivity index (χ1v) is 8.14. The first-order valence-electron chi connectivity index (χ1n) is 8.14. The molecule has 144 valence electrons. The van der Waals surface area contributed by atoms with Gasteiger partial charge >= 0.3 is 0 Å². The molecule has 1 unspecified atom stereocenters. The van der Waals surface area contributed by atoms with E-state index in [4.69, 9.17) is 0 Å². The van der Waals surface area contributed by atoms with Crippen molar-refractivity contribution in [3.63, 3.8) is 0 Å². The van der Waals surface area contributed by atoms with Crippen LogP contribution >= 0.6 is 12.4 Å². The Hall–Kier alpha value is -1.99. The second-order valence-electron chi connectivity index (χ2n) is 7.03. The van der Waals surface area contributed by atoms with Crippen molar-refractivity contribution in [3.8, 4) is 11.3 Å². The highest BCUT2D eigenvalue weighted by Gasteiger charge is 2.24. The van der Waals surface area contributed by atoms with Crippen LogP contribution in [0.4, 0.5) is 8.78 Å². The van der Waals surface area contributed by atoms with Crippen LogP contribution in [0, 0.1) is 11.6 Å². The van der Waals surface area contributed by atoms with Crippen molar-refractivity contribution in [2.24, 2.45) is 0 Å². The van der Waals surface area contributed by atoms with Gasteiger partial charge in [0.2, 0.25) is 0 Å². The molecule has 0 saturated heterocycles. The molecule has 0 aliphatic carbocycles. The summed E-state index contributed by atoms with van der Waals surface area (Å²) in [5.74, 6) is -1.78. The molecule has 0 aliphatic rings. The Morgan fingerprint density at radius 2 is 1.96 bits per heavy atom. The SMILES string of the molecule is CNC(C)CNC(=O)c1cn(C(C)(C)C)nc1-c1ccc(F)cc1F.Cl. The smallest absolute Gasteiger partial charge is 0.255 e. The Morgan fingerprint density at radius 3 is 2.50 bits per heavy atom. The quantitative estimate of drug-likeness (QED) is 0.828. The van der Waals surface area contributed by atoms with Crippen LogP contribution in [0.15, 0.2) is 24.4 Å². The number of hydrogen-bond donors (Lipinski definition) is 2. The molecule has 1 amide bonds. The highest BCUT2D eigenvalue weighted by atomic mass is 35.5. The van der Waals surface area contributed by atoms with E-state index in [0.717, 1.165) is 12.1 Å². The van der Waals surface area contributed by atoms with E-state index < -0.39 is 11.6 Å². The van der Waals surface area contributed by atoms with Crippen LogP contribution in [0.5, 0.6) is 0 Å². The minimum atomic E-state index is -0.753. The van der Waals surface area contributed by atoms with Crippen LogP contribution < -0.4 is 10.6 Å². The summed E-state index contributed by atoms with van der Waals surface area (Å²) in [7, 11) is 1.80. The predicted molar refractivity (Wildman–Crippen MR) is 101 cm³/mol. The van der Waals surface area contributed by atoms with Gasteiger partial charge in [-0.3, -0.25) is 9.48 Å². The van der Waals surface area contributed by atoms with Gasteiger partial charge in [0.05, 0.1) is 11.1 Å². The number of amides is 1. The summed E-state index contributed by atoms with van der Waals surface area (Å²) in [6.45, 7) is 8.13. The van der Waals surface area contributed by atoms with E-state index in [1.54, 1.807) is 17.9 Å². The summed E-state index contributed by atoms with van der Waals surface area (Å²) in [6.07, 6.45) is 1.59. The molecule has 2 rings (SSSR count). The summed E-state index contributed by atoms with van der Waals surface area (Å²) in [6, 6.07) is 3.33. The van der Waals surface area contributed by atoms with Gasteiger partial charge in [-0.15, -0.1) is 12.4 Å². The average Bonchev–Trinajstić information content (AvgIpc) is 2.97. The topological polar surface area (TPSA) is 58.9 Å². The third-order valence-corrected chi connectivity index (χ3v) is 3.89. The van der Waals surface area contributed by atoms with E-state index in [1.807, 2.05) is 27.7 Å². The molecular weight excluding hydrogens is 362 g/mol. The number of benzene rings is 1. The Bertz CT molecular complexity index is 771. The molecule has 26 heavy (non-hydrogen) atoms. The van der Waals surface area contributed by atoms with Crippen LogP contribution in [0.25, 0.3) is 11.3 Å². The van der Waals surface area contributed by atoms with Crippen molar-refractivity contribution in [1.82, 2.24) is 20.4 Å². The molecular formula is C18H25ClF2N4O. The highest BCUT2D eigenvalue weighted by molar-refractivity contribution is 5.99. The molecule has 0 fully saturated rings. The summed E-state index contributed by atoms with van der Waals surface area (Å²) in [5.41, 5.74) is 0.157. The van der Waals surface area contributed by atoms with E-state index >= 15 is 0 Å². The molecule has 1 aromatic carbocycles. The molecule has 2 aromatic rings. The highest BCUT2D eigenvalue weighted by Crippen LogP contribution is 2.28. The number of rotatable bonds is 5. The fourth-order valence-electron chi connectivity index (χ4n) is 2.21. The normalized spacial score (nSPS) is 12.4. The van der Waals surface area contributed by atoms with Gasteiger partial charge in [0.15, 0.2) is 0 Å². The predicted octanol–water partition coefficient (Wildman–Crippen LogP) is 3.34. The number of carbonyl (C=O) groups is 1. The molecule has 0 saturated carbocycles. The Balaban J connectivity index is 0.00000338. The number of carbonyl (C=O) groups excluding carboxylic acids is 1. The third kappa shape index (κ3) is 5.02. The molecule has 0 bridgehead atoms.